The first kappa shape index (κ1) is 15.5. The highest BCUT2D eigenvalue weighted by Gasteiger charge is 2.17. The Balaban J connectivity index is 2.13. The Morgan fingerprint density at radius 1 is 1.05 bits per heavy atom. The van der Waals surface area contributed by atoms with Crippen molar-refractivity contribution in [3.05, 3.63) is 35.7 Å². The fraction of sp³-hybridized carbons (Fsp3) is 0.429. The van der Waals surface area contributed by atoms with Crippen LogP contribution in [0.3, 0.4) is 0 Å². The maximum absolute atomic E-state index is 12.2. The van der Waals surface area contributed by atoms with E-state index in [0.29, 0.717) is 12.3 Å². The van der Waals surface area contributed by atoms with Gasteiger partial charge >= 0.3 is 6.01 Å². The molecule has 114 valence electrons. The minimum absolute atomic E-state index is 0.101. The molecule has 0 aliphatic heterocycles. The van der Waals surface area contributed by atoms with Crippen LogP contribution < -0.4 is 4.72 Å². The Kier molecular flexibility index (Phi) is 4.95. The van der Waals surface area contributed by atoms with E-state index in [-0.39, 0.29) is 10.9 Å². The SMILES string of the molecule is CCCc1ccc(S(=O)(=O)Nc2nnc(CCC)o2)cc1. The van der Waals surface area contributed by atoms with Gasteiger partial charge in [-0.05, 0) is 30.5 Å². The summed E-state index contributed by atoms with van der Waals surface area (Å²) in [6.45, 7) is 4.06. The van der Waals surface area contributed by atoms with Gasteiger partial charge in [-0.15, -0.1) is 5.10 Å². The van der Waals surface area contributed by atoms with Crippen molar-refractivity contribution in [2.45, 2.75) is 44.4 Å². The summed E-state index contributed by atoms with van der Waals surface area (Å²) < 4.78 is 31.9. The van der Waals surface area contributed by atoms with Gasteiger partial charge in [0, 0.05) is 6.42 Å². The van der Waals surface area contributed by atoms with Gasteiger partial charge in [0.1, 0.15) is 0 Å². The first-order chi connectivity index (χ1) is 10.0. The molecule has 0 amide bonds. The van der Waals surface area contributed by atoms with Crippen molar-refractivity contribution < 1.29 is 12.8 Å². The smallest absolute Gasteiger partial charge is 0.329 e. The van der Waals surface area contributed by atoms with E-state index >= 15 is 0 Å². The lowest BCUT2D eigenvalue weighted by Gasteiger charge is -2.05. The zero-order valence-corrected chi connectivity index (χ0v) is 13.0. The van der Waals surface area contributed by atoms with Gasteiger partial charge in [0.25, 0.3) is 10.0 Å². The van der Waals surface area contributed by atoms with Gasteiger partial charge in [0.15, 0.2) is 0 Å². The molecule has 0 aliphatic rings. The molecule has 0 aliphatic carbocycles. The number of hydrogen-bond donors (Lipinski definition) is 1. The van der Waals surface area contributed by atoms with E-state index < -0.39 is 10.0 Å². The molecule has 7 heteroatoms. The summed E-state index contributed by atoms with van der Waals surface area (Å²) in [4.78, 5) is 0.178. The summed E-state index contributed by atoms with van der Waals surface area (Å²) in [5.74, 6) is 0.425. The van der Waals surface area contributed by atoms with Gasteiger partial charge in [-0.1, -0.05) is 37.5 Å². The molecular formula is C14H19N3O3S. The molecule has 6 nitrogen and oxygen atoms in total. The standard InChI is InChI=1S/C14H19N3O3S/c1-3-5-11-7-9-12(10-8-11)21(18,19)17-14-16-15-13(20-14)6-4-2/h7-10H,3-6H2,1-2H3,(H,16,17). The zero-order chi connectivity index (χ0) is 15.3. The van der Waals surface area contributed by atoms with E-state index in [2.05, 4.69) is 21.8 Å². The van der Waals surface area contributed by atoms with E-state index in [1.54, 1.807) is 12.1 Å². The van der Waals surface area contributed by atoms with Gasteiger partial charge in [0.2, 0.25) is 5.89 Å². The van der Waals surface area contributed by atoms with Crippen LogP contribution >= 0.6 is 0 Å². The predicted molar refractivity (Wildman–Crippen MR) is 79.5 cm³/mol. The number of hydrogen-bond acceptors (Lipinski definition) is 5. The van der Waals surface area contributed by atoms with Crippen LogP contribution in [0.2, 0.25) is 0 Å². The highest BCUT2D eigenvalue weighted by atomic mass is 32.2. The Hall–Kier alpha value is -1.89. The molecule has 0 saturated carbocycles. The van der Waals surface area contributed by atoms with Crippen molar-refractivity contribution in [1.29, 1.82) is 0 Å². The first-order valence-corrected chi connectivity index (χ1v) is 8.47. The van der Waals surface area contributed by atoms with E-state index in [1.807, 2.05) is 19.1 Å². The van der Waals surface area contributed by atoms with Crippen LogP contribution in [-0.4, -0.2) is 18.6 Å². The van der Waals surface area contributed by atoms with Crippen LogP contribution in [0.1, 0.15) is 38.1 Å². The van der Waals surface area contributed by atoms with Crippen LogP contribution in [0.4, 0.5) is 6.01 Å². The lowest BCUT2D eigenvalue weighted by molar-refractivity contribution is 0.504. The second-order valence-electron chi connectivity index (χ2n) is 4.75. The van der Waals surface area contributed by atoms with Crippen molar-refractivity contribution >= 4 is 16.0 Å². The van der Waals surface area contributed by atoms with Crippen LogP contribution in [0.25, 0.3) is 0 Å². The third-order valence-corrected chi connectivity index (χ3v) is 4.26. The molecule has 0 saturated heterocycles. The minimum atomic E-state index is -3.69. The second-order valence-corrected chi connectivity index (χ2v) is 6.43. The molecule has 1 N–H and O–H groups in total. The highest BCUT2D eigenvalue weighted by molar-refractivity contribution is 7.92. The number of aromatic nitrogens is 2. The average Bonchev–Trinajstić information content (AvgIpc) is 2.87. The minimum Gasteiger partial charge on any atom is -0.407 e. The number of sulfonamides is 1. The molecule has 0 fully saturated rings. The molecule has 0 unspecified atom stereocenters. The van der Waals surface area contributed by atoms with Gasteiger partial charge in [-0.3, -0.25) is 0 Å². The highest BCUT2D eigenvalue weighted by Crippen LogP contribution is 2.16. The topological polar surface area (TPSA) is 85.1 Å². The number of benzene rings is 1. The van der Waals surface area contributed by atoms with Crippen LogP contribution in [0.5, 0.6) is 0 Å². The van der Waals surface area contributed by atoms with Gasteiger partial charge in [-0.25, -0.2) is 13.1 Å². The van der Waals surface area contributed by atoms with Crippen molar-refractivity contribution in [2.75, 3.05) is 4.72 Å². The molecular weight excluding hydrogens is 290 g/mol. The summed E-state index contributed by atoms with van der Waals surface area (Å²) in [6, 6.07) is 6.69. The van der Waals surface area contributed by atoms with Crippen molar-refractivity contribution in [1.82, 2.24) is 10.2 Å². The van der Waals surface area contributed by atoms with E-state index in [0.717, 1.165) is 24.8 Å². The largest absolute Gasteiger partial charge is 0.407 e. The summed E-state index contributed by atoms with van der Waals surface area (Å²) >= 11 is 0. The molecule has 1 aromatic carbocycles. The fourth-order valence-electron chi connectivity index (χ4n) is 1.91. The molecule has 2 rings (SSSR count). The van der Waals surface area contributed by atoms with Crippen LogP contribution in [-0.2, 0) is 22.9 Å². The Morgan fingerprint density at radius 2 is 1.71 bits per heavy atom. The molecule has 0 radical (unpaired) electrons. The maximum atomic E-state index is 12.2. The van der Waals surface area contributed by atoms with Crippen molar-refractivity contribution in [3.8, 4) is 0 Å². The predicted octanol–water partition coefficient (Wildman–Crippen LogP) is 2.78. The summed E-state index contributed by atoms with van der Waals surface area (Å²) in [5, 5.41) is 7.46. The zero-order valence-electron chi connectivity index (χ0n) is 12.2. The van der Waals surface area contributed by atoms with Crippen molar-refractivity contribution in [2.24, 2.45) is 0 Å². The lowest BCUT2D eigenvalue weighted by Crippen LogP contribution is -2.13. The molecule has 1 aromatic heterocycles. The van der Waals surface area contributed by atoms with Crippen molar-refractivity contribution in [3.63, 3.8) is 0 Å². The van der Waals surface area contributed by atoms with E-state index in [4.69, 9.17) is 4.42 Å². The first-order valence-electron chi connectivity index (χ1n) is 6.99. The Bertz CT molecular complexity index is 678. The van der Waals surface area contributed by atoms with E-state index in [1.165, 1.54) is 0 Å². The van der Waals surface area contributed by atoms with E-state index in [9.17, 15) is 8.42 Å². The molecule has 1 heterocycles. The number of aryl methyl sites for hydroxylation is 2. The molecule has 21 heavy (non-hydrogen) atoms. The Labute approximate surface area is 124 Å². The lowest BCUT2D eigenvalue weighted by atomic mass is 10.1. The summed E-state index contributed by atoms with van der Waals surface area (Å²) in [6.07, 6.45) is 3.43. The number of anilines is 1. The number of rotatable bonds is 7. The molecule has 2 aromatic rings. The Morgan fingerprint density at radius 3 is 2.33 bits per heavy atom. The summed E-state index contributed by atoms with van der Waals surface area (Å²) in [5.41, 5.74) is 1.11. The number of nitrogens with one attached hydrogen (secondary N) is 1. The molecule has 0 atom stereocenters. The second kappa shape index (κ2) is 6.71. The maximum Gasteiger partial charge on any atom is 0.329 e. The third kappa shape index (κ3) is 4.04. The monoisotopic (exact) mass is 309 g/mol. The van der Waals surface area contributed by atoms with Crippen LogP contribution in [0.15, 0.2) is 33.6 Å². The van der Waals surface area contributed by atoms with Gasteiger partial charge < -0.3 is 4.42 Å². The third-order valence-electron chi connectivity index (χ3n) is 2.92. The van der Waals surface area contributed by atoms with Crippen LogP contribution in [0, 0.1) is 0 Å². The quantitative estimate of drug-likeness (QED) is 0.850. The van der Waals surface area contributed by atoms with Gasteiger partial charge in [-0.2, -0.15) is 0 Å². The molecule has 0 bridgehead atoms. The average molecular weight is 309 g/mol. The summed E-state index contributed by atoms with van der Waals surface area (Å²) in [7, 11) is -3.69. The van der Waals surface area contributed by atoms with Gasteiger partial charge in [0.05, 0.1) is 4.90 Å². The fourth-order valence-corrected chi connectivity index (χ4v) is 2.83. The number of nitrogens with zero attached hydrogens (tertiary/aromatic N) is 2. The molecule has 0 spiro atoms. The normalized spacial score (nSPS) is 11.5.